The van der Waals surface area contributed by atoms with Crippen LogP contribution in [0.5, 0.6) is 5.75 Å². The van der Waals surface area contributed by atoms with Crippen molar-refractivity contribution < 1.29 is 17.9 Å². The van der Waals surface area contributed by atoms with Gasteiger partial charge in [0.2, 0.25) is 0 Å². The first-order valence-corrected chi connectivity index (χ1v) is 6.90. The molecule has 0 saturated carbocycles. The van der Waals surface area contributed by atoms with Crippen LogP contribution in [0.2, 0.25) is 0 Å². The van der Waals surface area contributed by atoms with Crippen molar-refractivity contribution in [3.05, 3.63) is 18.0 Å². The Morgan fingerprint density at radius 3 is 2.45 bits per heavy atom. The standard InChI is InChI=1S/C14H21F3N2O/c1-2-3-4-5-6-7-8-20-12-9-13(14(15,16)17)19-10-11(12)18/h9-10H,2-8,18H2,1H3. The van der Waals surface area contributed by atoms with Gasteiger partial charge < -0.3 is 10.5 Å². The normalized spacial score (nSPS) is 11.6. The van der Waals surface area contributed by atoms with E-state index >= 15 is 0 Å². The summed E-state index contributed by atoms with van der Waals surface area (Å²) in [7, 11) is 0. The fourth-order valence-electron chi connectivity index (χ4n) is 1.79. The number of ether oxygens (including phenoxy) is 1. The van der Waals surface area contributed by atoms with Gasteiger partial charge in [-0.3, -0.25) is 0 Å². The second kappa shape index (κ2) is 7.97. The van der Waals surface area contributed by atoms with Crippen LogP contribution >= 0.6 is 0 Å². The number of nitrogens with two attached hydrogens (primary N) is 1. The number of nitrogens with zero attached hydrogens (tertiary/aromatic N) is 1. The summed E-state index contributed by atoms with van der Waals surface area (Å²) in [6.07, 6.45) is 3.04. The minimum absolute atomic E-state index is 0.0564. The van der Waals surface area contributed by atoms with E-state index in [-0.39, 0.29) is 11.4 Å². The molecule has 0 fully saturated rings. The first kappa shape index (κ1) is 16.6. The van der Waals surface area contributed by atoms with E-state index in [0.717, 1.165) is 31.5 Å². The zero-order chi connectivity index (χ0) is 15.0. The summed E-state index contributed by atoms with van der Waals surface area (Å²) in [4.78, 5) is 3.26. The van der Waals surface area contributed by atoms with Gasteiger partial charge in [-0.05, 0) is 6.42 Å². The lowest BCUT2D eigenvalue weighted by atomic mass is 10.1. The summed E-state index contributed by atoms with van der Waals surface area (Å²) in [5, 5.41) is 0. The highest BCUT2D eigenvalue weighted by Gasteiger charge is 2.33. The highest BCUT2D eigenvalue weighted by atomic mass is 19.4. The number of hydrogen-bond donors (Lipinski definition) is 1. The number of nitrogen functional groups attached to an aromatic ring is 1. The van der Waals surface area contributed by atoms with E-state index in [9.17, 15) is 13.2 Å². The van der Waals surface area contributed by atoms with Crippen LogP contribution in [0.25, 0.3) is 0 Å². The molecule has 6 heteroatoms. The first-order chi connectivity index (χ1) is 9.45. The predicted molar refractivity (Wildman–Crippen MR) is 72.5 cm³/mol. The quantitative estimate of drug-likeness (QED) is 0.721. The van der Waals surface area contributed by atoms with E-state index in [1.165, 1.54) is 19.3 Å². The van der Waals surface area contributed by atoms with Crippen molar-refractivity contribution in [2.75, 3.05) is 12.3 Å². The largest absolute Gasteiger partial charge is 0.491 e. The molecule has 1 aromatic rings. The minimum Gasteiger partial charge on any atom is -0.491 e. The summed E-state index contributed by atoms with van der Waals surface area (Å²) in [5.74, 6) is 0.0564. The molecule has 1 aromatic heterocycles. The van der Waals surface area contributed by atoms with Gasteiger partial charge in [-0.25, -0.2) is 4.98 Å². The molecule has 3 nitrogen and oxygen atoms in total. The summed E-state index contributed by atoms with van der Waals surface area (Å²) in [6, 6.07) is 0.854. The van der Waals surface area contributed by atoms with Gasteiger partial charge in [0.15, 0.2) is 0 Å². The Kier molecular flexibility index (Phi) is 6.61. The molecule has 0 saturated heterocycles. The minimum atomic E-state index is -4.48. The van der Waals surface area contributed by atoms with E-state index < -0.39 is 11.9 Å². The maximum atomic E-state index is 12.5. The molecule has 114 valence electrons. The van der Waals surface area contributed by atoms with Crippen LogP contribution in [0.1, 0.15) is 51.1 Å². The fraction of sp³-hybridized carbons (Fsp3) is 0.643. The number of alkyl halides is 3. The number of aromatic nitrogens is 1. The Balaban J connectivity index is 2.40. The maximum absolute atomic E-state index is 12.5. The third kappa shape index (κ3) is 5.67. The molecule has 1 heterocycles. The summed E-state index contributed by atoms with van der Waals surface area (Å²) < 4.78 is 42.8. The molecular formula is C14H21F3N2O. The van der Waals surface area contributed by atoms with Gasteiger partial charge in [0, 0.05) is 6.07 Å². The number of hydrogen-bond acceptors (Lipinski definition) is 3. The smallest absolute Gasteiger partial charge is 0.433 e. The van der Waals surface area contributed by atoms with E-state index in [1.807, 2.05) is 0 Å². The lowest BCUT2D eigenvalue weighted by Crippen LogP contribution is -2.10. The van der Waals surface area contributed by atoms with Gasteiger partial charge in [0.1, 0.15) is 11.4 Å². The molecule has 2 N–H and O–H groups in total. The fourth-order valence-corrected chi connectivity index (χ4v) is 1.79. The molecule has 0 bridgehead atoms. The number of anilines is 1. The monoisotopic (exact) mass is 290 g/mol. The van der Waals surface area contributed by atoms with E-state index in [1.54, 1.807) is 0 Å². The van der Waals surface area contributed by atoms with E-state index in [0.29, 0.717) is 6.61 Å². The SMILES string of the molecule is CCCCCCCCOc1cc(C(F)(F)F)ncc1N. The number of pyridine rings is 1. The van der Waals surface area contributed by atoms with Crippen LogP contribution < -0.4 is 10.5 Å². The number of rotatable bonds is 8. The molecule has 0 spiro atoms. The summed E-state index contributed by atoms with van der Waals surface area (Å²) in [6.45, 7) is 2.52. The molecule has 0 aliphatic heterocycles. The van der Waals surface area contributed by atoms with Gasteiger partial charge in [-0.15, -0.1) is 0 Å². The molecule has 0 atom stereocenters. The van der Waals surface area contributed by atoms with Gasteiger partial charge in [0.25, 0.3) is 0 Å². The lowest BCUT2D eigenvalue weighted by molar-refractivity contribution is -0.141. The lowest BCUT2D eigenvalue weighted by Gasteiger charge is -2.11. The molecule has 20 heavy (non-hydrogen) atoms. The molecule has 1 rings (SSSR count). The third-order valence-corrected chi connectivity index (χ3v) is 2.94. The van der Waals surface area contributed by atoms with Crippen LogP contribution in [-0.4, -0.2) is 11.6 Å². The van der Waals surface area contributed by atoms with Gasteiger partial charge in [-0.2, -0.15) is 13.2 Å². The Morgan fingerprint density at radius 2 is 1.80 bits per heavy atom. The highest BCUT2D eigenvalue weighted by molar-refractivity contribution is 5.51. The zero-order valence-corrected chi connectivity index (χ0v) is 11.7. The van der Waals surface area contributed by atoms with E-state index in [2.05, 4.69) is 11.9 Å². The predicted octanol–water partition coefficient (Wildman–Crippen LogP) is 4.42. The molecule has 0 aromatic carbocycles. The zero-order valence-electron chi connectivity index (χ0n) is 11.7. The second-order valence-corrected chi connectivity index (χ2v) is 4.72. The van der Waals surface area contributed by atoms with Crippen LogP contribution in [-0.2, 0) is 6.18 Å². The van der Waals surface area contributed by atoms with Crippen LogP contribution in [0, 0.1) is 0 Å². The van der Waals surface area contributed by atoms with Crippen molar-refractivity contribution in [3.8, 4) is 5.75 Å². The van der Waals surface area contributed by atoms with E-state index in [4.69, 9.17) is 10.5 Å². The maximum Gasteiger partial charge on any atom is 0.433 e. The Morgan fingerprint density at radius 1 is 1.15 bits per heavy atom. The summed E-state index contributed by atoms with van der Waals surface area (Å²) >= 11 is 0. The van der Waals surface area contributed by atoms with Crippen molar-refractivity contribution in [2.45, 2.75) is 51.6 Å². The van der Waals surface area contributed by atoms with Gasteiger partial charge >= 0.3 is 6.18 Å². The van der Waals surface area contributed by atoms with Crippen molar-refractivity contribution in [1.29, 1.82) is 0 Å². The third-order valence-electron chi connectivity index (χ3n) is 2.94. The van der Waals surface area contributed by atoms with Crippen molar-refractivity contribution >= 4 is 5.69 Å². The molecule has 0 unspecified atom stereocenters. The highest BCUT2D eigenvalue weighted by Crippen LogP contribution is 2.32. The topological polar surface area (TPSA) is 48.1 Å². The first-order valence-electron chi connectivity index (χ1n) is 6.90. The molecule has 0 aliphatic rings. The average Bonchev–Trinajstić information content (AvgIpc) is 2.38. The van der Waals surface area contributed by atoms with Gasteiger partial charge in [-0.1, -0.05) is 39.0 Å². The van der Waals surface area contributed by atoms with Gasteiger partial charge in [0.05, 0.1) is 18.5 Å². The van der Waals surface area contributed by atoms with Crippen LogP contribution in [0.15, 0.2) is 12.3 Å². The molecule has 0 aliphatic carbocycles. The molecule has 0 radical (unpaired) electrons. The van der Waals surface area contributed by atoms with Crippen molar-refractivity contribution in [3.63, 3.8) is 0 Å². The number of halogens is 3. The van der Waals surface area contributed by atoms with Crippen LogP contribution in [0.3, 0.4) is 0 Å². The Labute approximate surface area is 117 Å². The average molecular weight is 290 g/mol. The van der Waals surface area contributed by atoms with Crippen molar-refractivity contribution in [2.24, 2.45) is 0 Å². The number of unbranched alkanes of at least 4 members (excludes halogenated alkanes) is 5. The van der Waals surface area contributed by atoms with Crippen molar-refractivity contribution in [1.82, 2.24) is 4.98 Å². The molecule has 0 amide bonds. The summed E-state index contributed by atoms with van der Waals surface area (Å²) in [5.41, 5.74) is 4.71. The Bertz CT molecular complexity index is 408. The van der Waals surface area contributed by atoms with Crippen LogP contribution in [0.4, 0.5) is 18.9 Å². The molecular weight excluding hydrogens is 269 g/mol. The second-order valence-electron chi connectivity index (χ2n) is 4.72. The Hall–Kier alpha value is -1.46.